The van der Waals surface area contributed by atoms with E-state index < -0.39 is 11.5 Å². The van der Waals surface area contributed by atoms with Crippen LogP contribution in [0.3, 0.4) is 0 Å². The highest BCUT2D eigenvalue weighted by molar-refractivity contribution is 5.76. The molecule has 1 aliphatic rings. The molecule has 20 heavy (non-hydrogen) atoms. The second kappa shape index (κ2) is 6.28. The smallest absolute Gasteiger partial charge is 0.224 e. The van der Waals surface area contributed by atoms with Crippen LogP contribution in [-0.4, -0.2) is 47.7 Å². The molecule has 1 N–H and O–H groups in total. The number of likely N-dealkylation sites (tertiary alicyclic amines) is 1. The number of rotatable bonds is 4. The molecule has 1 aromatic heterocycles. The number of piperidine rings is 1. The lowest BCUT2D eigenvalue weighted by atomic mass is 9.85. The number of aliphatic hydroxyl groups is 1. The molecule has 2 heterocycles. The van der Waals surface area contributed by atoms with Crippen LogP contribution in [0.25, 0.3) is 0 Å². The fourth-order valence-electron chi connectivity index (χ4n) is 2.48. The van der Waals surface area contributed by atoms with Crippen LogP contribution in [0.2, 0.25) is 0 Å². The van der Waals surface area contributed by atoms with Crippen molar-refractivity contribution in [3.63, 3.8) is 0 Å². The van der Waals surface area contributed by atoms with Gasteiger partial charge in [-0.05, 0) is 18.9 Å². The third-order valence-corrected chi connectivity index (χ3v) is 3.72. The molecule has 0 spiro atoms. The van der Waals surface area contributed by atoms with Crippen LogP contribution in [0.4, 0.5) is 4.39 Å². The molecule has 0 unspecified atom stereocenters. The van der Waals surface area contributed by atoms with Crippen molar-refractivity contribution in [2.24, 2.45) is 0 Å². The molecule has 0 aliphatic carbocycles. The molecule has 6 heteroatoms. The Morgan fingerprint density at radius 2 is 2.25 bits per heavy atom. The maximum Gasteiger partial charge on any atom is 0.224 e. The lowest BCUT2D eigenvalue weighted by Crippen LogP contribution is -2.45. The number of carbonyl (C=O) groups excluding carboxylic acids is 1. The summed E-state index contributed by atoms with van der Waals surface area (Å²) in [6, 6.07) is 3.15. The lowest BCUT2D eigenvalue weighted by Gasteiger charge is -2.38. The summed E-state index contributed by atoms with van der Waals surface area (Å²) in [5.41, 5.74) is -1.03. The van der Waals surface area contributed by atoms with Gasteiger partial charge in [0.05, 0.1) is 18.6 Å². The van der Waals surface area contributed by atoms with E-state index >= 15 is 0 Å². The Kier molecular flexibility index (Phi) is 4.67. The molecule has 2 rings (SSSR count). The van der Waals surface area contributed by atoms with Crippen LogP contribution in [0, 0.1) is 5.95 Å². The molecule has 0 saturated carbocycles. The molecule has 1 saturated heterocycles. The van der Waals surface area contributed by atoms with Gasteiger partial charge in [-0.15, -0.1) is 0 Å². The van der Waals surface area contributed by atoms with Crippen LogP contribution in [-0.2, 0) is 15.1 Å². The summed E-state index contributed by atoms with van der Waals surface area (Å²) >= 11 is 0. The van der Waals surface area contributed by atoms with Crippen molar-refractivity contribution in [1.29, 1.82) is 0 Å². The quantitative estimate of drug-likeness (QED) is 0.839. The average molecular weight is 282 g/mol. The van der Waals surface area contributed by atoms with Gasteiger partial charge in [-0.1, -0.05) is 6.07 Å². The largest absolute Gasteiger partial charge is 0.385 e. The van der Waals surface area contributed by atoms with Gasteiger partial charge in [0, 0.05) is 32.0 Å². The van der Waals surface area contributed by atoms with Crippen LogP contribution in [0.15, 0.2) is 18.3 Å². The molecule has 0 aromatic carbocycles. The molecular weight excluding hydrogens is 263 g/mol. The monoisotopic (exact) mass is 282 g/mol. The van der Waals surface area contributed by atoms with E-state index in [1.807, 2.05) is 0 Å². The lowest BCUT2D eigenvalue weighted by molar-refractivity contribution is -0.136. The molecule has 1 aromatic rings. The Morgan fingerprint density at radius 1 is 1.55 bits per heavy atom. The molecule has 0 bridgehead atoms. The Hall–Kier alpha value is -1.53. The summed E-state index contributed by atoms with van der Waals surface area (Å²) in [4.78, 5) is 17.1. The Bertz CT molecular complexity index is 473. The van der Waals surface area contributed by atoms with Crippen molar-refractivity contribution in [3.8, 4) is 0 Å². The number of nitrogens with zero attached hydrogens (tertiary/aromatic N) is 2. The maximum absolute atomic E-state index is 13.7. The van der Waals surface area contributed by atoms with E-state index in [2.05, 4.69) is 4.98 Å². The highest BCUT2D eigenvalue weighted by Gasteiger charge is 2.37. The van der Waals surface area contributed by atoms with Gasteiger partial charge in [0.25, 0.3) is 0 Å². The molecule has 110 valence electrons. The van der Waals surface area contributed by atoms with Gasteiger partial charge >= 0.3 is 0 Å². The van der Waals surface area contributed by atoms with Crippen LogP contribution in [0.5, 0.6) is 0 Å². The van der Waals surface area contributed by atoms with E-state index in [4.69, 9.17) is 4.74 Å². The highest BCUT2D eigenvalue weighted by atomic mass is 19.1. The Labute approximate surface area is 117 Å². The van der Waals surface area contributed by atoms with Gasteiger partial charge in [-0.25, -0.2) is 4.98 Å². The zero-order valence-electron chi connectivity index (χ0n) is 11.5. The SMILES string of the molecule is COCCC(=O)N1CCC(O)(c2cccnc2F)CC1. The number of hydrogen-bond donors (Lipinski definition) is 1. The van der Waals surface area contributed by atoms with E-state index in [0.717, 1.165) is 0 Å². The Balaban J connectivity index is 2.00. The predicted octanol–water partition coefficient (Wildman–Crippen LogP) is 1.07. The van der Waals surface area contributed by atoms with Gasteiger partial charge in [0.1, 0.15) is 0 Å². The van der Waals surface area contributed by atoms with Crippen LogP contribution < -0.4 is 0 Å². The van der Waals surface area contributed by atoms with E-state index in [1.165, 1.54) is 6.20 Å². The minimum absolute atomic E-state index is 0.000517. The summed E-state index contributed by atoms with van der Waals surface area (Å²) in [6.45, 7) is 1.21. The highest BCUT2D eigenvalue weighted by Crippen LogP contribution is 2.33. The molecular formula is C14H19FN2O3. The zero-order valence-corrected chi connectivity index (χ0v) is 11.5. The van der Waals surface area contributed by atoms with Gasteiger partial charge < -0.3 is 14.7 Å². The molecule has 0 atom stereocenters. The topological polar surface area (TPSA) is 62.7 Å². The van der Waals surface area contributed by atoms with Crippen LogP contribution in [0.1, 0.15) is 24.8 Å². The second-order valence-electron chi connectivity index (χ2n) is 5.00. The van der Waals surface area contributed by atoms with Crippen molar-refractivity contribution < 1.29 is 19.0 Å². The fourth-order valence-corrected chi connectivity index (χ4v) is 2.48. The minimum atomic E-state index is -1.24. The van der Waals surface area contributed by atoms with Gasteiger partial charge in [-0.3, -0.25) is 4.79 Å². The summed E-state index contributed by atoms with van der Waals surface area (Å²) in [5, 5.41) is 10.6. The van der Waals surface area contributed by atoms with E-state index in [0.29, 0.717) is 39.0 Å². The predicted molar refractivity (Wildman–Crippen MR) is 70.4 cm³/mol. The normalized spacial score (nSPS) is 18.1. The number of ether oxygens (including phenoxy) is 1. The van der Waals surface area contributed by atoms with E-state index in [1.54, 1.807) is 24.1 Å². The number of hydrogen-bond acceptors (Lipinski definition) is 4. The minimum Gasteiger partial charge on any atom is -0.385 e. The zero-order chi connectivity index (χ0) is 14.6. The first-order valence-corrected chi connectivity index (χ1v) is 6.67. The van der Waals surface area contributed by atoms with E-state index in [9.17, 15) is 14.3 Å². The second-order valence-corrected chi connectivity index (χ2v) is 5.00. The molecule has 5 nitrogen and oxygen atoms in total. The standard InChI is InChI=1S/C14H19FN2O3/c1-20-10-4-12(18)17-8-5-14(19,6-9-17)11-3-2-7-16-13(11)15/h2-3,7,19H,4-6,8-10H2,1H3. The van der Waals surface area contributed by atoms with Crippen molar-refractivity contribution in [1.82, 2.24) is 9.88 Å². The van der Waals surface area contributed by atoms with Crippen LogP contribution >= 0.6 is 0 Å². The first-order valence-electron chi connectivity index (χ1n) is 6.67. The molecule has 1 fully saturated rings. The van der Waals surface area contributed by atoms with Crippen molar-refractivity contribution >= 4 is 5.91 Å². The average Bonchev–Trinajstić information content (AvgIpc) is 2.46. The third-order valence-electron chi connectivity index (χ3n) is 3.72. The summed E-state index contributed by atoms with van der Waals surface area (Å²) in [5.74, 6) is -0.644. The molecule has 1 aliphatic heterocycles. The Morgan fingerprint density at radius 3 is 2.85 bits per heavy atom. The number of aromatic nitrogens is 1. The third kappa shape index (κ3) is 3.13. The number of pyridine rings is 1. The number of halogens is 1. The number of carbonyl (C=O) groups is 1. The van der Waals surface area contributed by atoms with Gasteiger partial charge in [0.2, 0.25) is 11.9 Å². The van der Waals surface area contributed by atoms with Crippen molar-refractivity contribution in [3.05, 3.63) is 29.8 Å². The first-order chi connectivity index (χ1) is 9.57. The van der Waals surface area contributed by atoms with Crippen molar-refractivity contribution in [2.75, 3.05) is 26.8 Å². The number of amides is 1. The summed E-state index contributed by atoms with van der Waals surface area (Å²) in [6.07, 6.45) is 2.31. The van der Waals surface area contributed by atoms with Gasteiger partial charge in [0.15, 0.2) is 0 Å². The van der Waals surface area contributed by atoms with Crippen molar-refractivity contribution in [2.45, 2.75) is 24.9 Å². The summed E-state index contributed by atoms with van der Waals surface area (Å²) in [7, 11) is 1.55. The number of methoxy groups -OCH3 is 1. The fraction of sp³-hybridized carbons (Fsp3) is 0.571. The molecule has 0 radical (unpaired) electrons. The maximum atomic E-state index is 13.7. The van der Waals surface area contributed by atoms with E-state index in [-0.39, 0.29) is 11.5 Å². The van der Waals surface area contributed by atoms with Gasteiger partial charge in [-0.2, -0.15) is 4.39 Å². The molecule has 1 amide bonds. The summed E-state index contributed by atoms with van der Waals surface area (Å²) < 4.78 is 18.5. The first kappa shape index (κ1) is 14.9.